The molecular weight excluding hydrogens is 448 g/mol. The lowest BCUT2D eigenvalue weighted by molar-refractivity contribution is -0.129. The first-order chi connectivity index (χ1) is 12.9. The topological polar surface area (TPSA) is 57.7 Å². The zero-order valence-electron chi connectivity index (χ0n) is 14.8. The van der Waals surface area contributed by atoms with E-state index in [0.717, 1.165) is 14.9 Å². The predicted octanol–water partition coefficient (Wildman–Crippen LogP) is 3.22. The number of piperazine rings is 1. The summed E-state index contributed by atoms with van der Waals surface area (Å²) in [6.07, 6.45) is 0. The minimum Gasteiger partial charge on any atom is -0.339 e. The van der Waals surface area contributed by atoms with Gasteiger partial charge in [-0.05, 0) is 23.8 Å². The second-order valence-corrected chi connectivity index (χ2v) is 10.2. The van der Waals surface area contributed by atoms with Crippen molar-refractivity contribution in [2.45, 2.75) is 10.6 Å². The van der Waals surface area contributed by atoms with Gasteiger partial charge in [-0.15, -0.1) is 11.8 Å². The van der Waals surface area contributed by atoms with Gasteiger partial charge in [-0.2, -0.15) is 4.31 Å². The van der Waals surface area contributed by atoms with E-state index in [1.165, 1.54) is 16.1 Å². The smallest absolute Gasteiger partial charge is 0.233 e. The van der Waals surface area contributed by atoms with Crippen molar-refractivity contribution in [3.8, 4) is 0 Å². The van der Waals surface area contributed by atoms with Gasteiger partial charge in [0, 0.05) is 35.5 Å². The number of thioether (sulfide) groups is 1. The summed E-state index contributed by atoms with van der Waals surface area (Å²) in [6, 6.07) is 17.0. The van der Waals surface area contributed by atoms with Crippen molar-refractivity contribution in [2.24, 2.45) is 0 Å². The molecule has 0 atom stereocenters. The molecule has 1 saturated heterocycles. The van der Waals surface area contributed by atoms with Crippen LogP contribution in [-0.2, 0) is 20.6 Å². The van der Waals surface area contributed by atoms with Crippen LogP contribution < -0.4 is 0 Å². The van der Waals surface area contributed by atoms with E-state index in [9.17, 15) is 13.2 Å². The number of benzene rings is 2. The molecule has 0 N–H and O–H groups in total. The number of nitrogens with zero attached hydrogens (tertiary/aromatic N) is 2. The molecule has 0 aromatic heterocycles. The highest BCUT2D eigenvalue weighted by Crippen LogP contribution is 2.22. The van der Waals surface area contributed by atoms with E-state index in [1.807, 2.05) is 54.6 Å². The summed E-state index contributed by atoms with van der Waals surface area (Å²) in [5.74, 6) is 0.397. The Kier molecular flexibility index (Phi) is 6.97. The fraction of sp³-hybridized carbons (Fsp3) is 0.316. The molecule has 27 heavy (non-hydrogen) atoms. The van der Waals surface area contributed by atoms with E-state index in [0.29, 0.717) is 31.9 Å². The Bertz CT molecular complexity index is 883. The molecule has 5 nitrogen and oxygen atoms in total. The van der Waals surface area contributed by atoms with Crippen LogP contribution in [0.3, 0.4) is 0 Å². The highest BCUT2D eigenvalue weighted by Gasteiger charge is 2.28. The number of hydrogen-bond acceptors (Lipinski definition) is 4. The number of rotatable bonds is 6. The van der Waals surface area contributed by atoms with Crippen LogP contribution in [0.1, 0.15) is 5.56 Å². The predicted molar refractivity (Wildman–Crippen MR) is 112 cm³/mol. The first-order valence-corrected chi connectivity index (χ1v) is 12.0. The average molecular weight is 469 g/mol. The normalized spacial score (nSPS) is 15.7. The molecule has 1 fully saturated rings. The molecular formula is C19H21BrN2O3S2. The van der Waals surface area contributed by atoms with Crippen molar-refractivity contribution in [3.63, 3.8) is 0 Å². The third-order valence-corrected chi connectivity index (χ3v) is 7.66. The van der Waals surface area contributed by atoms with Crippen LogP contribution in [0, 0.1) is 0 Å². The maximum Gasteiger partial charge on any atom is 0.233 e. The van der Waals surface area contributed by atoms with E-state index in [2.05, 4.69) is 15.9 Å². The summed E-state index contributed by atoms with van der Waals surface area (Å²) in [6.45, 7) is 1.57. The molecule has 0 saturated carbocycles. The van der Waals surface area contributed by atoms with Gasteiger partial charge >= 0.3 is 0 Å². The number of amides is 1. The molecule has 0 unspecified atom stereocenters. The molecule has 1 aliphatic rings. The lowest BCUT2D eigenvalue weighted by Crippen LogP contribution is -2.51. The number of sulfonamides is 1. The van der Waals surface area contributed by atoms with Gasteiger partial charge in [0.05, 0.1) is 11.5 Å². The molecule has 0 radical (unpaired) electrons. The summed E-state index contributed by atoms with van der Waals surface area (Å²) in [5, 5.41) is 0. The van der Waals surface area contributed by atoms with Gasteiger partial charge in [0.25, 0.3) is 0 Å². The molecule has 3 rings (SSSR count). The molecule has 2 aromatic carbocycles. The van der Waals surface area contributed by atoms with Crippen molar-refractivity contribution in [2.75, 3.05) is 31.9 Å². The first kappa shape index (κ1) is 20.4. The molecule has 0 aliphatic carbocycles. The zero-order chi connectivity index (χ0) is 19.3. The van der Waals surface area contributed by atoms with Crippen LogP contribution in [-0.4, -0.2) is 55.5 Å². The summed E-state index contributed by atoms with van der Waals surface area (Å²) < 4.78 is 27.7. The first-order valence-electron chi connectivity index (χ1n) is 8.62. The van der Waals surface area contributed by atoms with Crippen molar-refractivity contribution >= 4 is 43.6 Å². The fourth-order valence-electron chi connectivity index (χ4n) is 2.88. The Balaban J connectivity index is 1.50. The minimum atomic E-state index is -3.36. The quantitative estimate of drug-likeness (QED) is 0.610. The summed E-state index contributed by atoms with van der Waals surface area (Å²) in [7, 11) is -3.36. The van der Waals surface area contributed by atoms with Crippen LogP contribution in [0.15, 0.2) is 64.0 Å². The van der Waals surface area contributed by atoms with Crippen LogP contribution >= 0.6 is 27.7 Å². The highest BCUT2D eigenvalue weighted by atomic mass is 79.9. The minimum absolute atomic E-state index is 0.000519. The van der Waals surface area contributed by atoms with Gasteiger partial charge in [0.1, 0.15) is 0 Å². The molecule has 1 heterocycles. The third-order valence-electron chi connectivity index (χ3n) is 4.34. The Labute approximate surface area is 172 Å². The van der Waals surface area contributed by atoms with Crippen molar-refractivity contribution in [3.05, 3.63) is 64.6 Å². The van der Waals surface area contributed by atoms with Gasteiger partial charge in [0.2, 0.25) is 15.9 Å². The second-order valence-electron chi connectivity index (χ2n) is 6.27. The number of halogens is 1. The van der Waals surface area contributed by atoms with Crippen LogP contribution in [0.4, 0.5) is 0 Å². The lowest BCUT2D eigenvalue weighted by Gasteiger charge is -2.34. The molecule has 0 bridgehead atoms. The highest BCUT2D eigenvalue weighted by molar-refractivity contribution is 9.10. The van der Waals surface area contributed by atoms with Crippen LogP contribution in [0.25, 0.3) is 0 Å². The van der Waals surface area contributed by atoms with Crippen molar-refractivity contribution in [1.29, 1.82) is 0 Å². The van der Waals surface area contributed by atoms with Gasteiger partial charge in [-0.25, -0.2) is 8.42 Å². The Morgan fingerprint density at radius 3 is 2.37 bits per heavy atom. The summed E-state index contributed by atoms with van der Waals surface area (Å²) in [4.78, 5) is 15.2. The van der Waals surface area contributed by atoms with Gasteiger partial charge < -0.3 is 4.90 Å². The maximum atomic E-state index is 12.6. The van der Waals surface area contributed by atoms with Crippen molar-refractivity contribution in [1.82, 2.24) is 9.21 Å². The van der Waals surface area contributed by atoms with E-state index < -0.39 is 10.0 Å². The SMILES string of the molecule is O=C(CSc1cccc(Br)c1)N1CCN(S(=O)(=O)Cc2ccccc2)CC1. The molecule has 0 spiro atoms. The maximum absolute atomic E-state index is 12.6. The monoisotopic (exact) mass is 468 g/mol. The zero-order valence-corrected chi connectivity index (χ0v) is 18.0. The number of carbonyl (C=O) groups is 1. The molecule has 1 aliphatic heterocycles. The van der Waals surface area contributed by atoms with E-state index in [-0.39, 0.29) is 11.7 Å². The molecule has 1 amide bonds. The largest absolute Gasteiger partial charge is 0.339 e. The Morgan fingerprint density at radius 2 is 1.70 bits per heavy atom. The average Bonchev–Trinajstić information content (AvgIpc) is 2.67. The van der Waals surface area contributed by atoms with Gasteiger partial charge in [0.15, 0.2) is 0 Å². The molecule has 2 aromatic rings. The molecule has 8 heteroatoms. The van der Waals surface area contributed by atoms with E-state index >= 15 is 0 Å². The Morgan fingerprint density at radius 1 is 1.00 bits per heavy atom. The van der Waals surface area contributed by atoms with E-state index in [1.54, 1.807) is 4.90 Å². The van der Waals surface area contributed by atoms with Crippen LogP contribution in [0.2, 0.25) is 0 Å². The third kappa shape index (κ3) is 5.81. The van der Waals surface area contributed by atoms with Gasteiger partial charge in [-0.1, -0.05) is 52.3 Å². The number of carbonyl (C=O) groups excluding carboxylic acids is 1. The van der Waals surface area contributed by atoms with Crippen LogP contribution in [0.5, 0.6) is 0 Å². The van der Waals surface area contributed by atoms with E-state index in [4.69, 9.17) is 0 Å². The Hall–Kier alpha value is -1.35. The van der Waals surface area contributed by atoms with Crippen molar-refractivity contribution < 1.29 is 13.2 Å². The fourth-order valence-corrected chi connectivity index (χ4v) is 5.81. The summed E-state index contributed by atoms with van der Waals surface area (Å²) >= 11 is 4.91. The molecule has 144 valence electrons. The lowest BCUT2D eigenvalue weighted by atomic mass is 10.2. The second kappa shape index (κ2) is 9.23. The standard InChI is InChI=1S/C19H21BrN2O3S2/c20-17-7-4-8-18(13-17)26-14-19(23)21-9-11-22(12-10-21)27(24,25)15-16-5-2-1-3-6-16/h1-8,13H,9-12,14-15H2. The summed E-state index contributed by atoms with van der Waals surface area (Å²) in [5.41, 5.74) is 0.779. The van der Waals surface area contributed by atoms with Gasteiger partial charge in [-0.3, -0.25) is 4.79 Å². The number of hydrogen-bond donors (Lipinski definition) is 0.